The molecular weight excluding hydrogens is 196 g/mol. The Morgan fingerprint density at radius 1 is 0.938 bits per heavy atom. The van der Waals surface area contributed by atoms with E-state index in [1.54, 1.807) is 0 Å². The van der Waals surface area contributed by atoms with Crippen LogP contribution in [0.1, 0.15) is 16.7 Å². The maximum Gasteiger partial charge on any atom is 0.0862 e. The molecule has 1 heteroatoms. The molecule has 1 aliphatic carbocycles. The van der Waals surface area contributed by atoms with Crippen LogP contribution in [-0.4, -0.2) is 6.61 Å². The molecule has 1 aliphatic rings. The minimum atomic E-state index is -0.0210. The Morgan fingerprint density at radius 2 is 1.75 bits per heavy atom. The van der Waals surface area contributed by atoms with Gasteiger partial charge in [-0.15, -0.1) is 0 Å². The molecule has 2 aromatic rings. The molecular formula is C15H13O. The summed E-state index contributed by atoms with van der Waals surface area (Å²) in [6, 6.07) is 14.8. The fourth-order valence-corrected chi connectivity index (χ4v) is 2.57. The Balaban J connectivity index is 2.16. The van der Waals surface area contributed by atoms with E-state index in [9.17, 15) is 5.11 Å². The first-order valence-electron chi connectivity index (χ1n) is 5.67. The summed E-state index contributed by atoms with van der Waals surface area (Å²) in [6.45, 7) is -0.0210. The average molecular weight is 209 g/mol. The zero-order chi connectivity index (χ0) is 11.0. The van der Waals surface area contributed by atoms with Crippen molar-refractivity contribution in [1.29, 1.82) is 0 Å². The fourth-order valence-electron chi connectivity index (χ4n) is 2.57. The Labute approximate surface area is 95.4 Å². The summed E-state index contributed by atoms with van der Waals surface area (Å²) in [5.74, 6) is 0. The number of rotatable bonds is 2. The summed E-state index contributed by atoms with van der Waals surface area (Å²) in [4.78, 5) is 0. The molecule has 0 fully saturated rings. The summed E-state index contributed by atoms with van der Waals surface area (Å²) in [5, 5.41) is 10.8. The lowest BCUT2D eigenvalue weighted by atomic mass is 9.99. The maximum absolute atomic E-state index is 10.8. The largest absolute Gasteiger partial charge is 0.236 e. The zero-order valence-corrected chi connectivity index (χ0v) is 9.07. The Morgan fingerprint density at radius 3 is 2.62 bits per heavy atom. The van der Waals surface area contributed by atoms with Gasteiger partial charge in [0, 0.05) is 0 Å². The van der Waals surface area contributed by atoms with Crippen LogP contribution in [0.4, 0.5) is 0 Å². The first-order chi connectivity index (χ1) is 7.90. The lowest BCUT2D eigenvalue weighted by Gasteiger charge is -2.06. The van der Waals surface area contributed by atoms with Crippen LogP contribution < -0.4 is 0 Å². The predicted octanol–water partition coefficient (Wildman–Crippen LogP) is 3.23. The topological polar surface area (TPSA) is 19.9 Å². The molecule has 79 valence electrons. The molecule has 0 aromatic heterocycles. The molecule has 0 unspecified atom stereocenters. The van der Waals surface area contributed by atoms with Crippen LogP contribution in [0, 0.1) is 0 Å². The first kappa shape index (κ1) is 9.61. The van der Waals surface area contributed by atoms with Gasteiger partial charge in [0.2, 0.25) is 0 Å². The minimum Gasteiger partial charge on any atom is -0.236 e. The molecule has 0 saturated carbocycles. The first-order valence-corrected chi connectivity index (χ1v) is 5.67. The molecule has 0 saturated heterocycles. The molecule has 0 atom stereocenters. The van der Waals surface area contributed by atoms with Gasteiger partial charge in [-0.3, -0.25) is 0 Å². The van der Waals surface area contributed by atoms with Gasteiger partial charge < -0.3 is 0 Å². The van der Waals surface area contributed by atoms with Gasteiger partial charge in [0.15, 0.2) is 0 Å². The second kappa shape index (κ2) is 3.76. The summed E-state index contributed by atoms with van der Waals surface area (Å²) < 4.78 is 0. The van der Waals surface area contributed by atoms with Crippen molar-refractivity contribution < 1.29 is 5.11 Å². The average Bonchev–Trinajstić information content (AvgIpc) is 2.69. The van der Waals surface area contributed by atoms with Crippen molar-refractivity contribution in [2.24, 2.45) is 0 Å². The Hall–Kier alpha value is -1.60. The molecule has 0 spiro atoms. The van der Waals surface area contributed by atoms with Gasteiger partial charge in [0.05, 0.1) is 6.61 Å². The Kier molecular flexibility index (Phi) is 2.26. The number of hydrogen-bond donors (Lipinski definition) is 0. The van der Waals surface area contributed by atoms with E-state index in [2.05, 4.69) is 42.5 Å². The van der Waals surface area contributed by atoms with E-state index in [-0.39, 0.29) is 6.61 Å². The van der Waals surface area contributed by atoms with Crippen LogP contribution in [0.2, 0.25) is 0 Å². The third-order valence-electron chi connectivity index (χ3n) is 3.32. The van der Waals surface area contributed by atoms with E-state index in [4.69, 9.17) is 0 Å². The van der Waals surface area contributed by atoms with Gasteiger partial charge in [-0.25, -0.2) is 5.11 Å². The van der Waals surface area contributed by atoms with Gasteiger partial charge in [0.25, 0.3) is 0 Å². The third-order valence-corrected chi connectivity index (χ3v) is 3.32. The quantitative estimate of drug-likeness (QED) is 0.617. The van der Waals surface area contributed by atoms with Crippen molar-refractivity contribution in [1.82, 2.24) is 0 Å². The Bertz CT molecular complexity index is 529. The van der Waals surface area contributed by atoms with Crippen molar-refractivity contribution in [3.63, 3.8) is 0 Å². The van der Waals surface area contributed by atoms with Gasteiger partial charge in [-0.1, -0.05) is 42.5 Å². The maximum atomic E-state index is 10.8. The molecule has 1 radical (unpaired) electrons. The molecule has 0 aliphatic heterocycles. The number of benzene rings is 2. The van der Waals surface area contributed by atoms with Gasteiger partial charge >= 0.3 is 0 Å². The lowest BCUT2D eigenvalue weighted by molar-refractivity contribution is 0.197. The van der Waals surface area contributed by atoms with Crippen molar-refractivity contribution in [2.45, 2.75) is 12.8 Å². The van der Waals surface area contributed by atoms with Crippen LogP contribution in [0.5, 0.6) is 0 Å². The van der Waals surface area contributed by atoms with Crippen molar-refractivity contribution >= 4 is 0 Å². The monoisotopic (exact) mass is 209 g/mol. The van der Waals surface area contributed by atoms with Crippen LogP contribution >= 0.6 is 0 Å². The highest BCUT2D eigenvalue weighted by Gasteiger charge is 2.19. The summed E-state index contributed by atoms with van der Waals surface area (Å²) >= 11 is 0. The van der Waals surface area contributed by atoms with Crippen LogP contribution in [0.15, 0.2) is 42.5 Å². The normalized spacial score (nSPS) is 12.3. The van der Waals surface area contributed by atoms with E-state index < -0.39 is 0 Å². The number of hydrogen-bond acceptors (Lipinski definition) is 0. The number of fused-ring (bicyclic) bond motifs is 3. The molecule has 0 amide bonds. The molecule has 0 bridgehead atoms. The van der Waals surface area contributed by atoms with Crippen molar-refractivity contribution in [3.8, 4) is 11.1 Å². The molecule has 0 N–H and O–H groups in total. The van der Waals surface area contributed by atoms with Crippen LogP contribution in [-0.2, 0) is 17.9 Å². The van der Waals surface area contributed by atoms with E-state index in [1.807, 2.05) is 0 Å². The van der Waals surface area contributed by atoms with Crippen molar-refractivity contribution in [2.75, 3.05) is 6.61 Å². The van der Waals surface area contributed by atoms with E-state index >= 15 is 0 Å². The minimum absolute atomic E-state index is 0.0210. The van der Waals surface area contributed by atoms with E-state index in [0.717, 1.165) is 6.42 Å². The highest BCUT2D eigenvalue weighted by atomic mass is 16.2. The van der Waals surface area contributed by atoms with Gasteiger partial charge in [-0.05, 0) is 40.7 Å². The van der Waals surface area contributed by atoms with Crippen LogP contribution in [0.25, 0.3) is 11.1 Å². The highest BCUT2D eigenvalue weighted by molar-refractivity contribution is 5.77. The van der Waals surface area contributed by atoms with Crippen LogP contribution in [0.3, 0.4) is 0 Å². The summed E-state index contributed by atoms with van der Waals surface area (Å²) in [7, 11) is 0. The van der Waals surface area contributed by atoms with Gasteiger partial charge in [0.1, 0.15) is 0 Å². The zero-order valence-electron chi connectivity index (χ0n) is 9.07. The highest BCUT2D eigenvalue weighted by Crippen LogP contribution is 2.37. The molecule has 1 nitrogen and oxygen atoms in total. The van der Waals surface area contributed by atoms with Gasteiger partial charge in [-0.2, -0.15) is 0 Å². The smallest absolute Gasteiger partial charge is 0.0862 e. The predicted molar refractivity (Wildman–Crippen MR) is 63.9 cm³/mol. The van der Waals surface area contributed by atoms with Crippen molar-refractivity contribution in [3.05, 3.63) is 59.2 Å². The van der Waals surface area contributed by atoms with E-state index in [1.165, 1.54) is 27.8 Å². The summed E-state index contributed by atoms with van der Waals surface area (Å²) in [5.41, 5.74) is 6.63. The molecule has 3 rings (SSSR count). The summed E-state index contributed by atoms with van der Waals surface area (Å²) in [6.07, 6.45) is 1.64. The second-order valence-corrected chi connectivity index (χ2v) is 4.23. The fraction of sp³-hybridized carbons (Fsp3) is 0.200. The SMILES string of the molecule is [O]CCc1cccc2c1Cc1ccccc1-2. The standard InChI is InChI=1S/C15H13O/c16-9-8-11-5-3-7-14-13-6-2-1-4-12(13)10-15(11)14/h1-7H,8-10H2. The lowest BCUT2D eigenvalue weighted by Crippen LogP contribution is -1.95. The molecule has 16 heavy (non-hydrogen) atoms. The van der Waals surface area contributed by atoms with E-state index in [0.29, 0.717) is 6.42 Å². The molecule has 2 aromatic carbocycles. The molecule has 0 heterocycles. The third kappa shape index (κ3) is 1.36. The second-order valence-electron chi connectivity index (χ2n) is 4.23.